The molecule has 0 amide bonds. The predicted octanol–water partition coefficient (Wildman–Crippen LogP) is 3.52. The van der Waals surface area contributed by atoms with Gasteiger partial charge in [0.2, 0.25) is 0 Å². The topological polar surface area (TPSA) is 49.8 Å². The summed E-state index contributed by atoms with van der Waals surface area (Å²) in [6.45, 7) is 2.99. The molecule has 4 unspecified atom stereocenters. The Hall–Kier alpha value is -1.36. The Kier molecular flexibility index (Phi) is 5.35. The lowest BCUT2D eigenvalue weighted by atomic mass is 9.72. The maximum Gasteiger partial charge on any atom is 0.173 e. The molecule has 2 fully saturated rings. The molecule has 2 aliphatic heterocycles. The van der Waals surface area contributed by atoms with Crippen LogP contribution in [0.15, 0.2) is 30.5 Å². The van der Waals surface area contributed by atoms with E-state index in [1.165, 1.54) is 19.3 Å². The molecule has 2 heterocycles. The summed E-state index contributed by atoms with van der Waals surface area (Å²) in [4.78, 5) is 15.5. The number of Topliss-reactive ketones (excluding diaryl/α,β-unsaturated/α-hetero) is 1. The van der Waals surface area contributed by atoms with Gasteiger partial charge < -0.3 is 14.7 Å². The van der Waals surface area contributed by atoms with Crippen LogP contribution in [0.2, 0.25) is 5.02 Å². The quantitative estimate of drug-likeness (QED) is 0.878. The van der Waals surface area contributed by atoms with Crippen molar-refractivity contribution < 1.29 is 14.6 Å². The monoisotopic (exact) mass is 375 g/mol. The SMILES string of the molecule is O=C1C(c2ccc(Cl)cc2)=COC2C1CCC(O)C2CN1CCCCC1. The number of likely N-dealkylation sites (tertiary alicyclic amines) is 1. The average Bonchev–Trinajstić information content (AvgIpc) is 2.66. The van der Waals surface area contributed by atoms with E-state index < -0.39 is 6.10 Å². The highest BCUT2D eigenvalue weighted by Crippen LogP contribution is 2.40. The summed E-state index contributed by atoms with van der Waals surface area (Å²) in [5.41, 5.74) is 1.47. The molecule has 1 saturated carbocycles. The number of carbonyl (C=O) groups excluding carboxylic acids is 1. The minimum Gasteiger partial charge on any atom is -0.496 e. The summed E-state index contributed by atoms with van der Waals surface area (Å²) >= 11 is 5.96. The van der Waals surface area contributed by atoms with E-state index in [1.807, 2.05) is 12.1 Å². The molecule has 140 valence electrons. The first-order valence-electron chi connectivity index (χ1n) is 9.69. The van der Waals surface area contributed by atoms with Crippen molar-refractivity contribution in [2.75, 3.05) is 19.6 Å². The zero-order chi connectivity index (χ0) is 18.1. The van der Waals surface area contributed by atoms with E-state index in [-0.39, 0.29) is 23.7 Å². The Balaban J connectivity index is 1.54. The number of ether oxygens (including phenoxy) is 1. The number of hydrogen-bond donors (Lipinski definition) is 1. The molecule has 5 heteroatoms. The second kappa shape index (κ2) is 7.71. The van der Waals surface area contributed by atoms with Crippen molar-refractivity contribution in [1.29, 1.82) is 0 Å². The molecular weight excluding hydrogens is 350 g/mol. The molecule has 1 aliphatic carbocycles. The van der Waals surface area contributed by atoms with Crippen molar-refractivity contribution >= 4 is 23.0 Å². The third-order valence-electron chi connectivity index (χ3n) is 6.10. The first-order valence-corrected chi connectivity index (χ1v) is 10.1. The van der Waals surface area contributed by atoms with Crippen LogP contribution < -0.4 is 0 Å². The molecule has 4 nitrogen and oxygen atoms in total. The average molecular weight is 376 g/mol. The fraction of sp³-hybridized carbons (Fsp3) is 0.571. The number of rotatable bonds is 3. The summed E-state index contributed by atoms with van der Waals surface area (Å²) in [5.74, 6) is -0.0261. The van der Waals surface area contributed by atoms with Crippen LogP contribution in [-0.2, 0) is 9.53 Å². The molecule has 4 atom stereocenters. The number of aliphatic hydroxyl groups is 1. The Morgan fingerprint density at radius 3 is 2.58 bits per heavy atom. The predicted molar refractivity (Wildman–Crippen MR) is 102 cm³/mol. The molecule has 0 bridgehead atoms. The maximum absolute atomic E-state index is 13.1. The van der Waals surface area contributed by atoms with Gasteiger partial charge in [-0.2, -0.15) is 0 Å². The van der Waals surface area contributed by atoms with Gasteiger partial charge in [0.05, 0.1) is 23.9 Å². The first kappa shape index (κ1) is 18.0. The highest BCUT2D eigenvalue weighted by atomic mass is 35.5. The zero-order valence-corrected chi connectivity index (χ0v) is 15.7. The zero-order valence-electron chi connectivity index (χ0n) is 14.9. The molecule has 4 rings (SSSR count). The van der Waals surface area contributed by atoms with Crippen LogP contribution in [0.5, 0.6) is 0 Å². The molecule has 26 heavy (non-hydrogen) atoms. The van der Waals surface area contributed by atoms with Crippen LogP contribution >= 0.6 is 11.6 Å². The van der Waals surface area contributed by atoms with Crippen LogP contribution in [0.4, 0.5) is 0 Å². The summed E-state index contributed by atoms with van der Waals surface area (Å²) in [5, 5.41) is 11.2. The first-order chi connectivity index (χ1) is 12.6. The second-order valence-electron chi connectivity index (χ2n) is 7.78. The summed E-state index contributed by atoms with van der Waals surface area (Å²) in [6.07, 6.45) is 6.08. The van der Waals surface area contributed by atoms with Gasteiger partial charge in [0.25, 0.3) is 0 Å². The Morgan fingerprint density at radius 2 is 1.85 bits per heavy atom. The number of piperidine rings is 1. The van der Waals surface area contributed by atoms with Gasteiger partial charge in [-0.25, -0.2) is 0 Å². The van der Waals surface area contributed by atoms with E-state index in [9.17, 15) is 9.90 Å². The Bertz CT molecular complexity index is 681. The van der Waals surface area contributed by atoms with Crippen LogP contribution in [0.25, 0.3) is 5.57 Å². The maximum atomic E-state index is 13.1. The van der Waals surface area contributed by atoms with E-state index in [0.29, 0.717) is 23.4 Å². The lowest BCUT2D eigenvalue weighted by Gasteiger charge is -2.44. The van der Waals surface area contributed by atoms with Crippen molar-refractivity contribution in [1.82, 2.24) is 4.90 Å². The van der Waals surface area contributed by atoms with E-state index >= 15 is 0 Å². The number of hydrogen-bond acceptors (Lipinski definition) is 4. The Labute approximate surface area is 159 Å². The van der Waals surface area contributed by atoms with Gasteiger partial charge in [0, 0.05) is 17.5 Å². The lowest BCUT2D eigenvalue weighted by molar-refractivity contribution is -0.133. The molecule has 0 radical (unpaired) electrons. The molecular formula is C21H26ClNO3. The molecule has 0 spiro atoms. The fourth-order valence-corrected chi connectivity index (χ4v) is 4.76. The standard InChI is InChI=1S/C21H26ClNO3/c22-15-6-4-14(5-7-15)18-13-26-21-16(20(18)25)8-9-19(24)17(21)12-23-10-2-1-3-11-23/h4-7,13,16-17,19,21,24H,1-3,8-12H2. The third kappa shape index (κ3) is 3.55. The van der Waals surface area contributed by atoms with Crippen molar-refractivity contribution in [3.8, 4) is 0 Å². The van der Waals surface area contributed by atoms with E-state index in [0.717, 1.165) is 25.2 Å². The van der Waals surface area contributed by atoms with Gasteiger partial charge in [-0.15, -0.1) is 0 Å². The summed E-state index contributed by atoms with van der Waals surface area (Å²) < 4.78 is 6.07. The summed E-state index contributed by atoms with van der Waals surface area (Å²) in [7, 11) is 0. The van der Waals surface area contributed by atoms with E-state index in [4.69, 9.17) is 16.3 Å². The van der Waals surface area contributed by atoms with Gasteiger partial charge in [-0.1, -0.05) is 30.2 Å². The van der Waals surface area contributed by atoms with Crippen molar-refractivity contribution in [2.24, 2.45) is 11.8 Å². The highest BCUT2D eigenvalue weighted by molar-refractivity contribution is 6.30. The smallest absolute Gasteiger partial charge is 0.173 e. The largest absolute Gasteiger partial charge is 0.496 e. The molecule has 1 N–H and O–H groups in total. The number of fused-ring (bicyclic) bond motifs is 1. The number of nitrogens with zero attached hydrogens (tertiary/aromatic N) is 1. The second-order valence-corrected chi connectivity index (χ2v) is 8.22. The van der Waals surface area contributed by atoms with Crippen LogP contribution in [0.1, 0.15) is 37.7 Å². The third-order valence-corrected chi connectivity index (χ3v) is 6.36. The lowest BCUT2D eigenvalue weighted by Crippen LogP contribution is -2.52. The highest BCUT2D eigenvalue weighted by Gasteiger charge is 2.46. The number of halogens is 1. The summed E-state index contributed by atoms with van der Waals surface area (Å²) in [6, 6.07) is 7.30. The van der Waals surface area contributed by atoms with Gasteiger partial charge in [-0.05, 0) is 56.5 Å². The molecule has 3 aliphatic rings. The van der Waals surface area contributed by atoms with Crippen molar-refractivity contribution in [3.05, 3.63) is 41.1 Å². The molecule has 1 aromatic carbocycles. The van der Waals surface area contributed by atoms with Crippen molar-refractivity contribution in [2.45, 2.75) is 44.3 Å². The molecule has 1 saturated heterocycles. The van der Waals surface area contributed by atoms with Gasteiger partial charge in [-0.3, -0.25) is 4.79 Å². The minimum absolute atomic E-state index is 0.00109. The molecule has 0 aromatic heterocycles. The van der Waals surface area contributed by atoms with E-state index in [1.54, 1.807) is 18.4 Å². The number of benzene rings is 1. The van der Waals surface area contributed by atoms with Gasteiger partial charge in [0.1, 0.15) is 6.10 Å². The Morgan fingerprint density at radius 1 is 1.12 bits per heavy atom. The molecule has 1 aromatic rings. The number of carbonyl (C=O) groups is 1. The van der Waals surface area contributed by atoms with Crippen molar-refractivity contribution in [3.63, 3.8) is 0 Å². The minimum atomic E-state index is -0.392. The van der Waals surface area contributed by atoms with Crippen LogP contribution in [0, 0.1) is 11.8 Å². The van der Waals surface area contributed by atoms with Gasteiger partial charge >= 0.3 is 0 Å². The number of ketones is 1. The normalized spacial score (nSPS) is 32.5. The fourth-order valence-electron chi connectivity index (χ4n) is 4.63. The number of aliphatic hydroxyl groups excluding tert-OH is 1. The van der Waals surface area contributed by atoms with Crippen LogP contribution in [0.3, 0.4) is 0 Å². The van der Waals surface area contributed by atoms with Gasteiger partial charge in [0.15, 0.2) is 5.78 Å². The number of allylic oxidation sites excluding steroid dienone is 1. The van der Waals surface area contributed by atoms with Crippen LogP contribution in [-0.4, -0.2) is 47.6 Å². The van der Waals surface area contributed by atoms with E-state index in [2.05, 4.69) is 4.90 Å².